The fourth-order valence-electron chi connectivity index (χ4n) is 2.72. The van der Waals surface area contributed by atoms with Gasteiger partial charge in [-0.2, -0.15) is 5.10 Å². The molecule has 22 heavy (non-hydrogen) atoms. The first-order valence-electron chi connectivity index (χ1n) is 7.28. The van der Waals surface area contributed by atoms with Crippen molar-refractivity contribution in [3.63, 3.8) is 0 Å². The number of hydrogen-bond acceptors (Lipinski definition) is 2. The van der Waals surface area contributed by atoms with Crippen LogP contribution in [0.2, 0.25) is 0 Å². The van der Waals surface area contributed by atoms with E-state index in [0.717, 1.165) is 22.0 Å². The van der Waals surface area contributed by atoms with E-state index >= 15 is 0 Å². The molecule has 0 aliphatic carbocycles. The van der Waals surface area contributed by atoms with Gasteiger partial charge in [-0.05, 0) is 17.2 Å². The minimum atomic E-state index is 0.927. The lowest BCUT2D eigenvalue weighted by Crippen LogP contribution is -1.90. The van der Waals surface area contributed by atoms with Crippen LogP contribution in [-0.4, -0.2) is 10.2 Å². The maximum atomic E-state index is 4.36. The van der Waals surface area contributed by atoms with E-state index in [4.69, 9.17) is 0 Å². The summed E-state index contributed by atoms with van der Waals surface area (Å²) in [7, 11) is 0. The summed E-state index contributed by atoms with van der Waals surface area (Å²) in [5.74, 6) is 0. The first kappa shape index (κ1) is 12.7. The van der Waals surface area contributed by atoms with E-state index in [9.17, 15) is 0 Å². The maximum absolute atomic E-state index is 4.36. The Morgan fingerprint density at radius 1 is 0.591 bits per heavy atom. The number of hydrogen-bond donors (Lipinski definition) is 0. The molecular formula is C20H14N2. The first-order chi connectivity index (χ1) is 10.9. The summed E-state index contributed by atoms with van der Waals surface area (Å²) in [4.78, 5) is 0. The minimum absolute atomic E-state index is 0.927. The second kappa shape index (κ2) is 5.41. The Morgan fingerprint density at radius 2 is 1.32 bits per heavy atom. The van der Waals surface area contributed by atoms with Gasteiger partial charge in [0.2, 0.25) is 0 Å². The number of rotatable bonds is 2. The number of nitrogens with zero attached hydrogens (tertiary/aromatic N) is 2. The van der Waals surface area contributed by atoms with Gasteiger partial charge in [0.1, 0.15) is 5.69 Å². The van der Waals surface area contributed by atoms with Crippen LogP contribution in [0.25, 0.3) is 33.2 Å². The molecule has 3 aromatic carbocycles. The van der Waals surface area contributed by atoms with Crippen molar-refractivity contribution in [3.05, 3.63) is 85.1 Å². The molecule has 0 unspecified atom stereocenters. The lowest BCUT2D eigenvalue weighted by Gasteiger charge is -2.07. The summed E-state index contributed by atoms with van der Waals surface area (Å²) >= 11 is 0. The van der Waals surface area contributed by atoms with Crippen molar-refractivity contribution in [3.8, 4) is 22.4 Å². The predicted octanol–water partition coefficient (Wildman–Crippen LogP) is 4.96. The van der Waals surface area contributed by atoms with E-state index in [-0.39, 0.29) is 0 Å². The third-order valence-corrected chi connectivity index (χ3v) is 3.81. The van der Waals surface area contributed by atoms with Crippen LogP contribution in [-0.2, 0) is 0 Å². The molecule has 0 radical (unpaired) electrons. The summed E-state index contributed by atoms with van der Waals surface area (Å²) in [6.07, 6.45) is 1.81. The minimum Gasteiger partial charge on any atom is -0.158 e. The number of aromatic nitrogens is 2. The normalized spacial score (nSPS) is 10.7. The predicted molar refractivity (Wildman–Crippen MR) is 90.4 cm³/mol. The van der Waals surface area contributed by atoms with Gasteiger partial charge >= 0.3 is 0 Å². The molecule has 0 saturated heterocycles. The Kier molecular flexibility index (Phi) is 3.13. The van der Waals surface area contributed by atoms with Crippen LogP contribution in [0.1, 0.15) is 0 Å². The van der Waals surface area contributed by atoms with Crippen LogP contribution < -0.4 is 0 Å². The third-order valence-electron chi connectivity index (χ3n) is 3.81. The summed E-state index contributed by atoms with van der Waals surface area (Å²) in [5, 5.41) is 10.7. The molecule has 4 aromatic rings. The second-order valence-corrected chi connectivity index (χ2v) is 5.23. The number of benzene rings is 3. The quantitative estimate of drug-likeness (QED) is 0.519. The molecule has 0 N–H and O–H groups in total. The van der Waals surface area contributed by atoms with Crippen molar-refractivity contribution >= 4 is 10.8 Å². The van der Waals surface area contributed by atoms with Gasteiger partial charge in [-0.25, -0.2) is 0 Å². The van der Waals surface area contributed by atoms with E-state index in [1.54, 1.807) is 6.20 Å². The Bertz CT molecular complexity index is 925. The molecule has 0 fully saturated rings. The molecule has 1 heterocycles. The van der Waals surface area contributed by atoms with Crippen LogP contribution in [0.4, 0.5) is 0 Å². The van der Waals surface area contributed by atoms with E-state index in [2.05, 4.69) is 70.9 Å². The molecule has 0 atom stereocenters. The first-order valence-corrected chi connectivity index (χ1v) is 7.28. The molecule has 104 valence electrons. The summed E-state index contributed by atoms with van der Waals surface area (Å²) in [6, 6.07) is 27.0. The topological polar surface area (TPSA) is 25.8 Å². The Hall–Kier alpha value is -3.00. The van der Waals surface area contributed by atoms with E-state index in [1.807, 2.05) is 18.2 Å². The highest BCUT2D eigenvalue weighted by Gasteiger charge is 2.07. The SMILES string of the molecule is c1ccc(-c2cccc(-c3nncc4ccccc34)c2)cc1. The van der Waals surface area contributed by atoms with Crippen LogP contribution in [0.5, 0.6) is 0 Å². The molecule has 2 nitrogen and oxygen atoms in total. The summed E-state index contributed by atoms with van der Waals surface area (Å²) in [6.45, 7) is 0. The van der Waals surface area contributed by atoms with Gasteiger partial charge in [-0.15, -0.1) is 5.10 Å². The highest BCUT2D eigenvalue weighted by atomic mass is 15.1. The lowest BCUT2D eigenvalue weighted by atomic mass is 9.99. The van der Waals surface area contributed by atoms with Crippen molar-refractivity contribution < 1.29 is 0 Å². The second-order valence-electron chi connectivity index (χ2n) is 5.23. The zero-order chi connectivity index (χ0) is 14.8. The van der Waals surface area contributed by atoms with Gasteiger partial charge in [0.15, 0.2) is 0 Å². The van der Waals surface area contributed by atoms with Gasteiger partial charge in [-0.1, -0.05) is 72.8 Å². The van der Waals surface area contributed by atoms with Crippen LogP contribution in [0, 0.1) is 0 Å². The largest absolute Gasteiger partial charge is 0.158 e. The van der Waals surface area contributed by atoms with Crippen LogP contribution in [0.15, 0.2) is 85.1 Å². The zero-order valence-electron chi connectivity index (χ0n) is 12.0. The van der Waals surface area contributed by atoms with E-state index < -0.39 is 0 Å². The van der Waals surface area contributed by atoms with Gasteiger partial charge < -0.3 is 0 Å². The van der Waals surface area contributed by atoms with Crippen LogP contribution in [0.3, 0.4) is 0 Å². The molecule has 0 saturated carbocycles. The van der Waals surface area contributed by atoms with Gasteiger partial charge in [-0.3, -0.25) is 0 Å². The smallest absolute Gasteiger partial charge is 0.101 e. The average Bonchev–Trinajstić information content (AvgIpc) is 2.62. The van der Waals surface area contributed by atoms with E-state index in [0.29, 0.717) is 0 Å². The molecule has 4 rings (SSSR count). The van der Waals surface area contributed by atoms with Crippen molar-refractivity contribution in [2.75, 3.05) is 0 Å². The molecule has 0 spiro atoms. The van der Waals surface area contributed by atoms with Gasteiger partial charge in [0.05, 0.1) is 6.20 Å². The van der Waals surface area contributed by atoms with Gasteiger partial charge in [0.25, 0.3) is 0 Å². The fraction of sp³-hybridized carbons (Fsp3) is 0. The standard InChI is InChI=1S/C20H14N2/c1-2-7-15(8-3-1)16-10-6-11-17(13-16)20-19-12-5-4-9-18(19)14-21-22-20/h1-14H. The van der Waals surface area contributed by atoms with Crippen molar-refractivity contribution in [2.45, 2.75) is 0 Å². The van der Waals surface area contributed by atoms with Gasteiger partial charge in [0, 0.05) is 16.3 Å². The van der Waals surface area contributed by atoms with Crippen molar-refractivity contribution in [1.82, 2.24) is 10.2 Å². The average molecular weight is 282 g/mol. The van der Waals surface area contributed by atoms with Crippen molar-refractivity contribution in [2.24, 2.45) is 0 Å². The van der Waals surface area contributed by atoms with E-state index in [1.165, 1.54) is 11.1 Å². The molecule has 2 heteroatoms. The Labute approximate surface area is 129 Å². The van der Waals surface area contributed by atoms with Crippen LogP contribution >= 0.6 is 0 Å². The maximum Gasteiger partial charge on any atom is 0.101 e. The highest BCUT2D eigenvalue weighted by Crippen LogP contribution is 2.29. The lowest BCUT2D eigenvalue weighted by molar-refractivity contribution is 1.06. The molecule has 0 amide bonds. The highest BCUT2D eigenvalue weighted by molar-refractivity contribution is 5.94. The molecule has 0 aliphatic heterocycles. The zero-order valence-corrected chi connectivity index (χ0v) is 12.0. The Balaban J connectivity index is 1.89. The number of fused-ring (bicyclic) bond motifs is 1. The molecule has 0 aliphatic rings. The van der Waals surface area contributed by atoms with Crippen molar-refractivity contribution in [1.29, 1.82) is 0 Å². The fourth-order valence-corrected chi connectivity index (χ4v) is 2.72. The third kappa shape index (κ3) is 2.25. The summed E-state index contributed by atoms with van der Waals surface area (Å²) < 4.78 is 0. The molecular weight excluding hydrogens is 268 g/mol. The molecule has 0 bridgehead atoms. The summed E-state index contributed by atoms with van der Waals surface area (Å²) in [5.41, 5.74) is 4.41. The Morgan fingerprint density at radius 3 is 2.23 bits per heavy atom. The monoisotopic (exact) mass is 282 g/mol. The molecule has 1 aromatic heterocycles.